The van der Waals surface area contributed by atoms with E-state index in [1.54, 1.807) is 39.2 Å². The summed E-state index contributed by atoms with van der Waals surface area (Å²) >= 11 is 0. The first-order valence-electron chi connectivity index (χ1n) is 5.62. The third kappa shape index (κ3) is 2.31. The van der Waals surface area contributed by atoms with Crippen molar-refractivity contribution in [2.75, 3.05) is 0 Å². The Morgan fingerprint density at radius 3 is 2.56 bits per heavy atom. The van der Waals surface area contributed by atoms with Crippen LogP contribution in [-0.4, -0.2) is 19.9 Å². The van der Waals surface area contributed by atoms with Gasteiger partial charge >= 0.3 is 0 Å². The second-order valence-corrected chi connectivity index (χ2v) is 4.65. The lowest BCUT2D eigenvalue weighted by molar-refractivity contribution is 0.0763. The number of aliphatic hydroxyl groups is 1. The van der Waals surface area contributed by atoms with Crippen LogP contribution in [0.4, 0.5) is 0 Å². The molecule has 5 heteroatoms. The number of pyridine rings is 1. The van der Waals surface area contributed by atoms with Crippen LogP contribution in [0.25, 0.3) is 11.4 Å². The fourth-order valence-electron chi connectivity index (χ4n) is 1.69. The van der Waals surface area contributed by atoms with Crippen LogP contribution < -0.4 is 5.56 Å². The van der Waals surface area contributed by atoms with Crippen LogP contribution in [0.15, 0.2) is 35.3 Å². The molecule has 0 aromatic carbocycles. The first-order chi connectivity index (χ1) is 8.39. The molecule has 5 nitrogen and oxygen atoms in total. The molecule has 0 spiro atoms. The van der Waals surface area contributed by atoms with Gasteiger partial charge in [-0.15, -0.1) is 0 Å². The summed E-state index contributed by atoms with van der Waals surface area (Å²) in [6.45, 7) is 3.15. The van der Waals surface area contributed by atoms with Gasteiger partial charge in [-0.1, -0.05) is 6.07 Å². The zero-order valence-electron chi connectivity index (χ0n) is 10.6. The van der Waals surface area contributed by atoms with E-state index in [1.165, 1.54) is 4.68 Å². The Labute approximate surface area is 105 Å². The molecule has 2 heterocycles. The zero-order valence-corrected chi connectivity index (χ0v) is 10.6. The molecule has 0 unspecified atom stereocenters. The number of aryl methyl sites for hydroxylation is 1. The first kappa shape index (κ1) is 12.4. The van der Waals surface area contributed by atoms with Crippen LogP contribution in [-0.2, 0) is 12.6 Å². The van der Waals surface area contributed by atoms with Gasteiger partial charge in [-0.25, -0.2) is 4.68 Å². The lowest BCUT2D eigenvalue weighted by Crippen LogP contribution is -2.32. The molecular formula is C13H15N3O2. The van der Waals surface area contributed by atoms with E-state index < -0.39 is 5.60 Å². The predicted octanol–water partition coefficient (Wildman–Crippen LogP) is 1.07. The summed E-state index contributed by atoms with van der Waals surface area (Å²) in [7, 11) is 1.56. The molecule has 2 aromatic heterocycles. The number of rotatable bonds is 2. The molecule has 94 valence electrons. The minimum atomic E-state index is -1.21. The van der Waals surface area contributed by atoms with Gasteiger partial charge in [-0.2, -0.15) is 5.10 Å². The van der Waals surface area contributed by atoms with Crippen molar-refractivity contribution >= 4 is 0 Å². The van der Waals surface area contributed by atoms with Crippen molar-refractivity contribution in [1.82, 2.24) is 14.8 Å². The van der Waals surface area contributed by atoms with Crippen molar-refractivity contribution < 1.29 is 5.11 Å². The molecule has 2 rings (SSSR count). The summed E-state index contributed by atoms with van der Waals surface area (Å²) in [6.07, 6.45) is 1.66. The summed E-state index contributed by atoms with van der Waals surface area (Å²) in [5.74, 6) is 0. The van der Waals surface area contributed by atoms with E-state index in [1.807, 2.05) is 12.1 Å². The molecule has 0 fully saturated rings. The third-order valence-electron chi connectivity index (χ3n) is 2.65. The van der Waals surface area contributed by atoms with Crippen molar-refractivity contribution in [3.05, 3.63) is 46.4 Å². The molecule has 0 amide bonds. The highest BCUT2D eigenvalue weighted by Gasteiger charge is 2.22. The molecule has 0 aliphatic rings. The average Bonchev–Trinajstić information content (AvgIpc) is 2.32. The standard InChI is InChI=1S/C13H15N3O2/c1-13(2,18)9-8-11(15-16(3)12(9)17)10-6-4-5-7-14-10/h4-8,18H,1-3H3. The lowest BCUT2D eigenvalue weighted by Gasteiger charge is -2.18. The quantitative estimate of drug-likeness (QED) is 0.859. The summed E-state index contributed by atoms with van der Waals surface area (Å²) < 4.78 is 1.22. The topological polar surface area (TPSA) is 68.0 Å². The van der Waals surface area contributed by atoms with Crippen molar-refractivity contribution in [3.63, 3.8) is 0 Å². The summed E-state index contributed by atoms with van der Waals surface area (Å²) in [5, 5.41) is 14.2. The van der Waals surface area contributed by atoms with Gasteiger partial charge in [0, 0.05) is 13.2 Å². The minimum Gasteiger partial charge on any atom is -0.386 e. The van der Waals surface area contributed by atoms with E-state index in [0.29, 0.717) is 17.0 Å². The van der Waals surface area contributed by atoms with Crippen LogP contribution in [0.2, 0.25) is 0 Å². The minimum absolute atomic E-state index is 0.304. The van der Waals surface area contributed by atoms with Crippen LogP contribution in [0, 0.1) is 0 Å². The Balaban J connectivity index is 2.66. The number of hydrogen-bond donors (Lipinski definition) is 1. The molecule has 0 radical (unpaired) electrons. The van der Waals surface area contributed by atoms with Gasteiger partial charge in [-0.3, -0.25) is 9.78 Å². The van der Waals surface area contributed by atoms with Crippen LogP contribution in [0.3, 0.4) is 0 Å². The first-order valence-corrected chi connectivity index (χ1v) is 5.62. The summed E-state index contributed by atoms with van der Waals surface area (Å²) in [5.41, 5.74) is 0.0256. The maximum Gasteiger partial charge on any atom is 0.272 e. The highest BCUT2D eigenvalue weighted by atomic mass is 16.3. The van der Waals surface area contributed by atoms with Crippen LogP contribution in [0.1, 0.15) is 19.4 Å². The Kier molecular flexibility index (Phi) is 3.00. The zero-order chi connectivity index (χ0) is 13.3. The maximum atomic E-state index is 11.9. The highest BCUT2D eigenvalue weighted by Crippen LogP contribution is 2.20. The molecule has 0 aliphatic heterocycles. The van der Waals surface area contributed by atoms with Gasteiger partial charge in [0.25, 0.3) is 5.56 Å². The van der Waals surface area contributed by atoms with Gasteiger partial charge < -0.3 is 5.11 Å². The van der Waals surface area contributed by atoms with Gasteiger partial charge in [-0.05, 0) is 32.0 Å². The average molecular weight is 245 g/mol. The van der Waals surface area contributed by atoms with Crippen LogP contribution >= 0.6 is 0 Å². The second kappa shape index (κ2) is 4.34. The molecule has 0 bridgehead atoms. The number of aromatic nitrogens is 3. The molecular weight excluding hydrogens is 230 g/mol. The molecule has 0 aliphatic carbocycles. The smallest absolute Gasteiger partial charge is 0.272 e. The fraction of sp³-hybridized carbons (Fsp3) is 0.308. The van der Waals surface area contributed by atoms with Crippen LogP contribution in [0.5, 0.6) is 0 Å². The van der Waals surface area contributed by atoms with Crippen molar-refractivity contribution in [2.24, 2.45) is 7.05 Å². The Hall–Kier alpha value is -2.01. The largest absolute Gasteiger partial charge is 0.386 e. The van der Waals surface area contributed by atoms with Gasteiger partial charge in [0.1, 0.15) is 5.69 Å². The van der Waals surface area contributed by atoms with Crippen molar-refractivity contribution in [2.45, 2.75) is 19.4 Å². The monoisotopic (exact) mass is 245 g/mol. The van der Waals surface area contributed by atoms with Gasteiger partial charge in [0.05, 0.1) is 16.9 Å². The third-order valence-corrected chi connectivity index (χ3v) is 2.65. The Morgan fingerprint density at radius 1 is 1.28 bits per heavy atom. The SMILES string of the molecule is Cn1nc(-c2ccccn2)cc(C(C)(C)O)c1=O. The maximum absolute atomic E-state index is 11.9. The lowest BCUT2D eigenvalue weighted by atomic mass is 9.99. The predicted molar refractivity (Wildman–Crippen MR) is 68.0 cm³/mol. The fourth-order valence-corrected chi connectivity index (χ4v) is 1.69. The van der Waals surface area contributed by atoms with Gasteiger partial charge in [0.2, 0.25) is 0 Å². The number of nitrogens with zero attached hydrogens (tertiary/aromatic N) is 3. The normalized spacial score (nSPS) is 11.6. The molecule has 1 N–H and O–H groups in total. The summed E-state index contributed by atoms with van der Waals surface area (Å²) in [6, 6.07) is 7.05. The Bertz CT molecular complexity index is 612. The molecule has 0 saturated carbocycles. The van der Waals surface area contributed by atoms with Crippen molar-refractivity contribution in [1.29, 1.82) is 0 Å². The van der Waals surface area contributed by atoms with E-state index in [0.717, 1.165) is 0 Å². The second-order valence-electron chi connectivity index (χ2n) is 4.65. The van der Waals surface area contributed by atoms with E-state index >= 15 is 0 Å². The van der Waals surface area contributed by atoms with E-state index in [2.05, 4.69) is 10.1 Å². The van der Waals surface area contributed by atoms with E-state index in [-0.39, 0.29) is 5.56 Å². The number of hydrogen-bond acceptors (Lipinski definition) is 4. The van der Waals surface area contributed by atoms with Crippen molar-refractivity contribution in [3.8, 4) is 11.4 Å². The highest BCUT2D eigenvalue weighted by molar-refractivity contribution is 5.54. The molecule has 18 heavy (non-hydrogen) atoms. The molecule has 2 aromatic rings. The van der Waals surface area contributed by atoms with E-state index in [4.69, 9.17) is 0 Å². The molecule has 0 saturated heterocycles. The Morgan fingerprint density at radius 2 is 2.00 bits per heavy atom. The van der Waals surface area contributed by atoms with E-state index in [9.17, 15) is 9.90 Å². The molecule has 0 atom stereocenters. The van der Waals surface area contributed by atoms with Gasteiger partial charge in [0.15, 0.2) is 0 Å². The summed E-state index contributed by atoms with van der Waals surface area (Å²) in [4.78, 5) is 16.1.